The molecule has 0 aliphatic carbocycles. The zero-order chi connectivity index (χ0) is 8.53. The molecule has 11 heavy (non-hydrogen) atoms. The molecule has 0 aliphatic heterocycles. The highest BCUT2D eigenvalue weighted by molar-refractivity contribution is 7.99. The number of rotatable bonds is 6. The van der Waals surface area contributed by atoms with Gasteiger partial charge in [0.15, 0.2) is 0 Å². The van der Waals surface area contributed by atoms with Crippen molar-refractivity contribution in [2.45, 2.75) is 12.8 Å². The molecule has 0 unspecified atom stereocenters. The zero-order valence-corrected chi connectivity index (χ0v) is 7.36. The number of carbonyl (C=O) groups excluding carboxylic acids is 2. The van der Waals surface area contributed by atoms with Crippen LogP contribution in [-0.4, -0.2) is 30.9 Å². The molecule has 0 bridgehead atoms. The Morgan fingerprint density at radius 3 is 2.82 bits per heavy atom. The Labute approximate surface area is 70.5 Å². The third-order valence-electron chi connectivity index (χ3n) is 1.06. The second-order valence-electron chi connectivity index (χ2n) is 1.89. The molecule has 0 aromatic rings. The van der Waals surface area contributed by atoms with Gasteiger partial charge in [0.2, 0.25) is 0 Å². The second kappa shape index (κ2) is 7.60. The van der Waals surface area contributed by atoms with Gasteiger partial charge in [0.1, 0.15) is 6.29 Å². The number of ether oxygens (including phenoxy) is 1. The van der Waals surface area contributed by atoms with Crippen molar-refractivity contribution >= 4 is 24.0 Å². The van der Waals surface area contributed by atoms with Crippen LogP contribution in [-0.2, 0) is 14.3 Å². The third-order valence-corrected chi connectivity index (χ3v) is 2.08. The van der Waals surface area contributed by atoms with Gasteiger partial charge in [-0.3, -0.25) is 4.79 Å². The molecule has 0 saturated carbocycles. The van der Waals surface area contributed by atoms with Crippen LogP contribution in [0.2, 0.25) is 0 Å². The van der Waals surface area contributed by atoms with Crippen molar-refractivity contribution in [2.24, 2.45) is 0 Å². The van der Waals surface area contributed by atoms with E-state index in [2.05, 4.69) is 4.74 Å². The second-order valence-corrected chi connectivity index (χ2v) is 3.12. The summed E-state index contributed by atoms with van der Waals surface area (Å²) in [4.78, 5) is 20.4. The van der Waals surface area contributed by atoms with Crippen LogP contribution in [0.4, 0.5) is 0 Å². The summed E-state index contributed by atoms with van der Waals surface area (Å²) < 4.78 is 4.43. The topological polar surface area (TPSA) is 43.4 Å². The van der Waals surface area contributed by atoms with E-state index in [1.54, 1.807) is 11.8 Å². The van der Waals surface area contributed by atoms with Crippen molar-refractivity contribution in [1.29, 1.82) is 0 Å². The number of methoxy groups -OCH3 is 1. The minimum Gasteiger partial charge on any atom is -0.469 e. The number of esters is 1. The summed E-state index contributed by atoms with van der Waals surface area (Å²) in [5.41, 5.74) is 0. The molecule has 0 atom stereocenters. The summed E-state index contributed by atoms with van der Waals surface area (Å²) in [5.74, 6) is 1.34. The standard InChI is InChI=1S/C7H12O3S/c1-10-7(9)3-6-11-5-2-4-8/h4H,2-3,5-6H2,1H3. The lowest BCUT2D eigenvalue weighted by atomic mass is 10.5. The van der Waals surface area contributed by atoms with Crippen LogP contribution in [0.1, 0.15) is 12.8 Å². The fourth-order valence-corrected chi connectivity index (χ4v) is 1.27. The lowest BCUT2D eigenvalue weighted by molar-refractivity contribution is -0.140. The first-order valence-electron chi connectivity index (χ1n) is 3.39. The van der Waals surface area contributed by atoms with Gasteiger partial charge in [0.05, 0.1) is 13.5 Å². The van der Waals surface area contributed by atoms with Gasteiger partial charge < -0.3 is 9.53 Å². The van der Waals surface area contributed by atoms with Gasteiger partial charge in [-0.1, -0.05) is 0 Å². The van der Waals surface area contributed by atoms with Crippen molar-refractivity contribution in [3.63, 3.8) is 0 Å². The van der Waals surface area contributed by atoms with Crippen LogP contribution in [0, 0.1) is 0 Å². The van der Waals surface area contributed by atoms with Gasteiger partial charge in [0.25, 0.3) is 0 Å². The SMILES string of the molecule is COC(=O)CCSCCC=O. The molecule has 0 saturated heterocycles. The van der Waals surface area contributed by atoms with Gasteiger partial charge in [0, 0.05) is 12.2 Å². The highest BCUT2D eigenvalue weighted by atomic mass is 32.2. The Kier molecular flexibility index (Phi) is 7.24. The normalized spacial score (nSPS) is 9.18. The van der Waals surface area contributed by atoms with Crippen molar-refractivity contribution in [3.05, 3.63) is 0 Å². The van der Waals surface area contributed by atoms with Gasteiger partial charge >= 0.3 is 5.97 Å². The molecular formula is C7H12O3S. The van der Waals surface area contributed by atoms with Gasteiger partial charge in [-0.25, -0.2) is 0 Å². The molecule has 0 aromatic heterocycles. The molecule has 0 heterocycles. The Morgan fingerprint density at radius 2 is 2.27 bits per heavy atom. The molecule has 0 aromatic carbocycles. The largest absolute Gasteiger partial charge is 0.469 e. The maximum absolute atomic E-state index is 10.5. The summed E-state index contributed by atoms with van der Waals surface area (Å²) in [6.45, 7) is 0. The fraction of sp³-hybridized carbons (Fsp3) is 0.714. The van der Waals surface area contributed by atoms with Gasteiger partial charge in [-0.2, -0.15) is 11.8 Å². The van der Waals surface area contributed by atoms with E-state index in [1.807, 2.05) is 0 Å². The molecule has 0 N–H and O–H groups in total. The lowest BCUT2D eigenvalue weighted by Crippen LogP contribution is -2.01. The van der Waals surface area contributed by atoms with Crippen molar-refractivity contribution in [2.75, 3.05) is 18.6 Å². The van der Waals surface area contributed by atoms with E-state index < -0.39 is 0 Å². The van der Waals surface area contributed by atoms with Gasteiger partial charge in [-0.15, -0.1) is 0 Å². The minimum atomic E-state index is -0.191. The highest BCUT2D eigenvalue weighted by Crippen LogP contribution is 2.03. The smallest absolute Gasteiger partial charge is 0.306 e. The summed E-state index contributed by atoms with van der Waals surface area (Å²) >= 11 is 1.59. The van der Waals surface area contributed by atoms with Crippen LogP contribution in [0.15, 0.2) is 0 Å². The molecule has 0 rings (SSSR count). The number of carbonyl (C=O) groups is 2. The first-order valence-corrected chi connectivity index (χ1v) is 4.55. The third kappa shape index (κ3) is 7.39. The molecular weight excluding hydrogens is 164 g/mol. The Balaban J connectivity index is 3.01. The van der Waals surface area contributed by atoms with E-state index in [0.29, 0.717) is 12.8 Å². The Morgan fingerprint density at radius 1 is 1.55 bits per heavy atom. The maximum Gasteiger partial charge on any atom is 0.306 e. The van der Waals surface area contributed by atoms with Crippen LogP contribution in [0.5, 0.6) is 0 Å². The number of thioether (sulfide) groups is 1. The quantitative estimate of drug-likeness (QED) is 0.342. The number of hydrogen-bond donors (Lipinski definition) is 0. The average molecular weight is 176 g/mol. The summed E-state index contributed by atoms with van der Waals surface area (Å²) in [6.07, 6.45) is 1.87. The maximum atomic E-state index is 10.5. The van der Waals surface area contributed by atoms with Crippen molar-refractivity contribution in [3.8, 4) is 0 Å². The molecule has 0 fully saturated rings. The van der Waals surface area contributed by atoms with Crippen molar-refractivity contribution < 1.29 is 14.3 Å². The first-order chi connectivity index (χ1) is 5.31. The van der Waals surface area contributed by atoms with Crippen LogP contribution >= 0.6 is 11.8 Å². The van der Waals surface area contributed by atoms with E-state index in [9.17, 15) is 9.59 Å². The van der Waals surface area contributed by atoms with Gasteiger partial charge in [-0.05, 0) is 5.75 Å². The molecule has 3 nitrogen and oxygen atoms in total. The highest BCUT2D eigenvalue weighted by Gasteiger charge is 1.98. The van der Waals surface area contributed by atoms with E-state index >= 15 is 0 Å². The minimum absolute atomic E-state index is 0.191. The Bertz CT molecular complexity index is 125. The predicted octanol–water partition coefficient (Wildman–Crippen LogP) is 0.872. The predicted molar refractivity (Wildman–Crippen MR) is 44.6 cm³/mol. The van der Waals surface area contributed by atoms with E-state index in [4.69, 9.17) is 0 Å². The molecule has 0 spiro atoms. The van der Waals surface area contributed by atoms with Crippen LogP contribution in [0.3, 0.4) is 0 Å². The number of hydrogen-bond acceptors (Lipinski definition) is 4. The first kappa shape index (κ1) is 10.5. The molecule has 0 aliphatic rings. The number of aldehydes is 1. The van der Waals surface area contributed by atoms with Crippen molar-refractivity contribution in [1.82, 2.24) is 0 Å². The van der Waals surface area contributed by atoms with Crippen LogP contribution in [0.25, 0.3) is 0 Å². The molecule has 0 radical (unpaired) electrons. The molecule has 0 amide bonds. The van der Waals surface area contributed by atoms with E-state index in [-0.39, 0.29) is 5.97 Å². The van der Waals surface area contributed by atoms with Crippen LogP contribution < -0.4 is 0 Å². The Hall–Kier alpha value is -0.510. The fourth-order valence-electron chi connectivity index (χ4n) is 0.491. The summed E-state index contributed by atoms with van der Waals surface area (Å²) in [7, 11) is 1.37. The average Bonchev–Trinajstić information content (AvgIpc) is 2.04. The zero-order valence-electron chi connectivity index (χ0n) is 6.54. The summed E-state index contributed by atoms with van der Waals surface area (Å²) in [5, 5.41) is 0. The lowest BCUT2D eigenvalue weighted by Gasteiger charge is -1.97. The molecule has 64 valence electrons. The van der Waals surface area contributed by atoms with E-state index in [0.717, 1.165) is 17.8 Å². The summed E-state index contributed by atoms with van der Waals surface area (Å²) in [6, 6.07) is 0. The van der Waals surface area contributed by atoms with E-state index in [1.165, 1.54) is 7.11 Å². The molecule has 4 heteroatoms. The monoisotopic (exact) mass is 176 g/mol.